The zero-order valence-corrected chi connectivity index (χ0v) is 12.1. The number of ether oxygens (including phenoxy) is 1. The van der Waals surface area contributed by atoms with Crippen molar-refractivity contribution in [1.29, 1.82) is 0 Å². The number of hydrogen-bond acceptors (Lipinski definition) is 3. The molecule has 0 spiro atoms. The fraction of sp³-hybridized carbons (Fsp3) is 0.529. The number of aliphatic hydroxyl groups is 1. The minimum absolute atomic E-state index is 0.0942. The van der Waals surface area contributed by atoms with Crippen molar-refractivity contribution in [3.8, 4) is 5.75 Å². The number of rotatable bonds is 8. The molecule has 3 nitrogen and oxygen atoms in total. The first-order valence-electron chi connectivity index (χ1n) is 7.43. The van der Waals surface area contributed by atoms with Gasteiger partial charge < -0.3 is 15.2 Å². The second-order valence-corrected chi connectivity index (χ2v) is 5.68. The van der Waals surface area contributed by atoms with E-state index in [0.29, 0.717) is 6.61 Å². The van der Waals surface area contributed by atoms with Gasteiger partial charge in [0, 0.05) is 30.7 Å². The van der Waals surface area contributed by atoms with Gasteiger partial charge in [-0.2, -0.15) is 0 Å². The Hall–Kier alpha value is -1.32. The van der Waals surface area contributed by atoms with Gasteiger partial charge in [0.15, 0.2) is 0 Å². The summed E-state index contributed by atoms with van der Waals surface area (Å²) < 4.78 is 5.65. The van der Waals surface area contributed by atoms with E-state index in [9.17, 15) is 5.11 Å². The Labute approximate surface area is 121 Å². The lowest BCUT2D eigenvalue weighted by Gasteiger charge is -2.27. The van der Waals surface area contributed by atoms with E-state index in [1.54, 1.807) is 6.08 Å². The lowest BCUT2D eigenvalue weighted by Crippen LogP contribution is -2.34. The molecule has 0 bridgehead atoms. The molecular weight excluding hydrogens is 250 g/mol. The lowest BCUT2D eigenvalue weighted by molar-refractivity contribution is 0.128. The normalized spacial score (nSPS) is 17.1. The van der Waals surface area contributed by atoms with Gasteiger partial charge in [0.05, 0.1) is 0 Å². The summed E-state index contributed by atoms with van der Waals surface area (Å²) in [6.45, 7) is 6.13. The highest BCUT2D eigenvalue weighted by Gasteiger charge is 2.32. The van der Waals surface area contributed by atoms with E-state index in [-0.39, 0.29) is 12.0 Å². The predicted octanol–water partition coefficient (Wildman–Crippen LogP) is 2.89. The van der Waals surface area contributed by atoms with Gasteiger partial charge in [-0.3, -0.25) is 0 Å². The molecular formula is C17H25NO2. The maximum Gasteiger partial charge on any atom is 0.124 e. The van der Waals surface area contributed by atoms with E-state index in [0.717, 1.165) is 37.2 Å². The third-order valence-electron chi connectivity index (χ3n) is 4.14. The van der Waals surface area contributed by atoms with Crippen molar-refractivity contribution >= 4 is 0 Å². The minimum Gasteiger partial charge on any atom is -0.489 e. The second-order valence-electron chi connectivity index (χ2n) is 5.68. The quantitative estimate of drug-likeness (QED) is 0.717. The second kappa shape index (κ2) is 7.46. The molecule has 3 heteroatoms. The van der Waals surface area contributed by atoms with Gasteiger partial charge in [0.2, 0.25) is 0 Å². The first-order valence-corrected chi connectivity index (χ1v) is 7.43. The van der Waals surface area contributed by atoms with Crippen molar-refractivity contribution in [3.63, 3.8) is 0 Å². The zero-order chi connectivity index (χ0) is 14.3. The van der Waals surface area contributed by atoms with Crippen LogP contribution in [0.3, 0.4) is 0 Å². The summed E-state index contributed by atoms with van der Waals surface area (Å²) in [6.07, 6.45) is 6.49. The zero-order valence-electron chi connectivity index (χ0n) is 12.1. The van der Waals surface area contributed by atoms with Gasteiger partial charge in [0.25, 0.3) is 0 Å². The van der Waals surface area contributed by atoms with Crippen LogP contribution in [-0.2, 0) is 6.54 Å². The Morgan fingerprint density at radius 2 is 2.05 bits per heavy atom. The fourth-order valence-corrected chi connectivity index (χ4v) is 2.92. The summed E-state index contributed by atoms with van der Waals surface area (Å²) in [5.41, 5.74) is 1.25. The Morgan fingerprint density at radius 1 is 1.30 bits per heavy atom. The molecule has 1 aliphatic carbocycles. The van der Waals surface area contributed by atoms with Crippen LogP contribution in [0, 0.1) is 5.41 Å². The van der Waals surface area contributed by atoms with Gasteiger partial charge in [-0.25, -0.2) is 0 Å². The molecule has 0 aromatic heterocycles. The molecule has 20 heavy (non-hydrogen) atoms. The summed E-state index contributed by atoms with van der Waals surface area (Å²) in [5, 5.41) is 13.1. The molecule has 0 saturated heterocycles. The largest absolute Gasteiger partial charge is 0.489 e. The maximum absolute atomic E-state index is 9.61. The molecule has 0 aliphatic heterocycles. The lowest BCUT2D eigenvalue weighted by atomic mass is 9.87. The molecule has 0 amide bonds. The smallest absolute Gasteiger partial charge is 0.124 e. The first-order chi connectivity index (χ1) is 9.79. The van der Waals surface area contributed by atoms with Crippen LogP contribution in [0.2, 0.25) is 0 Å². The fourth-order valence-electron chi connectivity index (χ4n) is 2.92. The van der Waals surface area contributed by atoms with Crippen LogP contribution in [0.1, 0.15) is 31.2 Å². The third kappa shape index (κ3) is 3.84. The molecule has 0 atom stereocenters. The molecule has 1 aromatic rings. The first kappa shape index (κ1) is 15.1. The topological polar surface area (TPSA) is 41.5 Å². The molecule has 110 valence electrons. The summed E-state index contributed by atoms with van der Waals surface area (Å²) >= 11 is 0. The Balaban J connectivity index is 1.88. The van der Waals surface area contributed by atoms with Gasteiger partial charge >= 0.3 is 0 Å². The van der Waals surface area contributed by atoms with Crippen molar-refractivity contribution in [1.82, 2.24) is 5.32 Å². The molecule has 1 aliphatic rings. The Kier molecular flexibility index (Phi) is 5.62. The van der Waals surface area contributed by atoms with Gasteiger partial charge in [0.1, 0.15) is 12.4 Å². The average Bonchev–Trinajstić information content (AvgIpc) is 2.96. The van der Waals surface area contributed by atoms with Gasteiger partial charge in [-0.1, -0.05) is 43.7 Å². The summed E-state index contributed by atoms with van der Waals surface area (Å²) in [5.74, 6) is 0.907. The molecule has 1 fully saturated rings. The van der Waals surface area contributed by atoms with Crippen LogP contribution < -0.4 is 10.1 Å². The van der Waals surface area contributed by atoms with Crippen LogP contribution in [0.15, 0.2) is 36.9 Å². The SMILES string of the molecule is C=CCOc1ccccc1CNCC1(CO)CCCC1. The highest BCUT2D eigenvalue weighted by Crippen LogP contribution is 2.37. The predicted molar refractivity (Wildman–Crippen MR) is 81.8 cm³/mol. The van der Waals surface area contributed by atoms with Crippen LogP contribution in [0.5, 0.6) is 5.75 Å². The van der Waals surface area contributed by atoms with Crippen molar-refractivity contribution < 1.29 is 9.84 Å². The standard InChI is InChI=1S/C17H25NO2/c1-2-11-20-16-8-4-3-7-15(16)12-18-13-17(14-19)9-5-6-10-17/h2-4,7-8,18-19H,1,5-6,9-14H2. The van der Waals surface area contributed by atoms with E-state index in [2.05, 4.69) is 18.0 Å². The van der Waals surface area contributed by atoms with Crippen molar-refractivity contribution in [2.75, 3.05) is 19.8 Å². The van der Waals surface area contributed by atoms with Gasteiger partial charge in [-0.15, -0.1) is 0 Å². The Bertz CT molecular complexity index is 425. The number of hydrogen-bond donors (Lipinski definition) is 2. The van der Waals surface area contributed by atoms with Crippen LogP contribution in [0.25, 0.3) is 0 Å². The number of benzene rings is 1. The summed E-state index contributed by atoms with van der Waals surface area (Å²) in [7, 11) is 0. The van der Waals surface area contributed by atoms with Crippen LogP contribution in [-0.4, -0.2) is 24.9 Å². The molecule has 2 N–H and O–H groups in total. The van der Waals surface area contributed by atoms with E-state index in [1.165, 1.54) is 12.8 Å². The molecule has 0 unspecified atom stereocenters. The molecule has 2 rings (SSSR count). The summed E-state index contributed by atoms with van der Waals surface area (Å²) in [6, 6.07) is 8.06. The van der Waals surface area contributed by atoms with Gasteiger partial charge in [-0.05, 0) is 18.9 Å². The maximum atomic E-state index is 9.61. The third-order valence-corrected chi connectivity index (χ3v) is 4.14. The van der Waals surface area contributed by atoms with Crippen LogP contribution >= 0.6 is 0 Å². The molecule has 0 radical (unpaired) electrons. The van der Waals surface area contributed by atoms with Crippen molar-refractivity contribution in [2.24, 2.45) is 5.41 Å². The minimum atomic E-state index is 0.0942. The molecule has 1 aromatic carbocycles. The van der Waals surface area contributed by atoms with E-state index < -0.39 is 0 Å². The average molecular weight is 275 g/mol. The summed E-state index contributed by atoms with van der Waals surface area (Å²) in [4.78, 5) is 0. The van der Waals surface area contributed by atoms with Crippen LogP contribution in [0.4, 0.5) is 0 Å². The monoisotopic (exact) mass is 275 g/mol. The number of aliphatic hydroxyl groups excluding tert-OH is 1. The molecule has 1 saturated carbocycles. The highest BCUT2D eigenvalue weighted by molar-refractivity contribution is 5.33. The number of nitrogens with one attached hydrogen (secondary N) is 1. The Morgan fingerprint density at radius 3 is 2.75 bits per heavy atom. The van der Waals surface area contributed by atoms with Crippen molar-refractivity contribution in [3.05, 3.63) is 42.5 Å². The van der Waals surface area contributed by atoms with E-state index >= 15 is 0 Å². The van der Waals surface area contributed by atoms with Crippen molar-refractivity contribution in [2.45, 2.75) is 32.2 Å². The van der Waals surface area contributed by atoms with E-state index in [4.69, 9.17) is 4.74 Å². The molecule has 0 heterocycles. The highest BCUT2D eigenvalue weighted by atomic mass is 16.5. The number of para-hydroxylation sites is 1. The van der Waals surface area contributed by atoms with E-state index in [1.807, 2.05) is 18.2 Å².